The summed E-state index contributed by atoms with van der Waals surface area (Å²) in [6.45, 7) is 2.58. The molecule has 5 unspecified atom stereocenters. The van der Waals surface area contributed by atoms with Crippen LogP contribution in [0.5, 0.6) is 0 Å². The predicted molar refractivity (Wildman–Crippen MR) is 107 cm³/mol. The summed E-state index contributed by atoms with van der Waals surface area (Å²) >= 11 is 2.62. The lowest BCUT2D eigenvalue weighted by molar-refractivity contribution is -0.181. The number of hydrogen-bond donors (Lipinski definition) is 0. The van der Waals surface area contributed by atoms with Crippen LogP contribution in [0.1, 0.15) is 19.8 Å². The molecule has 0 spiro atoms. The van der Waals surface area contributed by atoms with Crippen LogP contribution in [0.3, 0.4) is 0 Å². The molecule has 3 aliphatic heterocycles. The van der Waals surface area contributed by atoms with Crippen LogP contribution >= 0.6 is 23.5 Å². The zero-order valence-electron chi connectivity index (χ0n) is 16.3. The number of rotatable bonds is 7. The van der Waals surface area contributed by atoms with Gasteiger partial charge in [0.15, 0.2) is 4.75 Å². The van der Waals surface area contributed by atoms with Crippen LogP contribution < -0.4 is 0 Å². The Bertz CT molecular complexity index is 762. The van der Waals surface area contributed by atoms with Crippen molar-refractivity contribution in [3.05, 3.63) is 22.1 Å². The molecule has 0 aromatic rings. The number of piperidine rings is 1. The fourth-order valence-electron chi connectivity index (χ4n) is 4.25. The van der Waals surface area contributed by atoms with E-state index in [1.165, 1.54) is 37.7 Å². The van der Waals surface area contributed by atoms with Gasteiger partial charge in [0.25, 0.3) is 0 Å². The molecule has 28 heavy (non-hydrogen) atoms. The molecular formula is C19H24N2O5S2. The highest BCUT2D eigenvalue weighted by Crippen LogP contribution is 2.61. The second-order valence-corrected chi connectivity index (χ2v) is 9.13. The molecule has 1 aliphatic carbocycles. The van der Waals surface area contributed by atoms with Gasteiger partial charge in [0.1, 0.15) is 18.0 Å². The third-order valence-electron chi connectivity index (χ3n) is 5.46. The lowest BCUT2D eigenvalue weighted by atomic mass is 9.66. The van der Waals surface area contributed by atoms with E-state index in [4.69, 9.17) is 14.2 Å². The van der Waals surface area contributed by atoms with E-state index in [-0.39, 0.29) is 0 Å². The Morgan fingerprint density at radius 1 is 1.36 bits per heavy atom. The molecule has 1 saturated heterocycles. The van der Waals surface area contributed by atoms with Crippen LogP contribution in [-0.4, -0.2) is 60.9 Å². The van der Waals surface area contributed by atoms with Crippen molar-refractivity contribution in [3.8, 4) is 6.07 Å². The molecule has 0 N–H and O–H groups in total. The number of thioether (sulfide) groups is 2. The third kappa shape index (κ3) is 2.93. The summed E-state index contributed by atoms with van der Waals surface area (Å²) < 4.78 is 15.9. The summed E-state index contributed by atoms with van der Waals surface area (Å²) in [6, 6.07) is 1.75. The molecule has 7 nitrogen and oxygen atoms in total. The summed E-state index contributed by atoms with van der Waals surface area (Å²) in [6.07, 6.45) is 6.98. The molecule has 0 aromatic carbocycles. The van der Waals surface area contributed by atoms with Gasteiger partial charge in [-0.1, -0.05) is 37.3 Å². The van der Waals surface area contributed by atoms with Gasteiger partial charge in [-0.2, -0.15) is 5.26 Å². The highest BCUT2D eigenvalue weighted by molar-refractivity contribution is 8.23. The number of nitrogens with zero attached hydrogens (tertiary/aromatic N) is 2. The van der Waals surface area contributed by atoms with E-state index in [9.17, 15) is 14.9 Å². The first-order valence-electron chi connectivity index (χ1n) is 9.13. The van der Waals surface area contributed by atoms with E-state index >= 15 is 0 Å². The Morgan fingerprint density at radius 2 is 2.11 bits per heavy atom. The average Bonchev–Trinajstić information content (AvgIpc) is 2.73. The van der Waals surface area contributed by atoms with Gasteiger partial charge in [-0.15, -0.1) is 11.8 Å². The Morgan fingerprint density at radius 3 is 2.68 bits per heavy atom. The van der Waals surface area contributed by atoms with Gasteiger partial charge in [0, 0.05) is 12.5 Å². The first kappa shape index (κ1) is 21.1. The second kappa shape index (κ2) is 8.39. The van der Waals surface area contributed by atoms with Crippen LogP contribution in [0.15, 0.2) is 22.1 Å². The van der Waals surface area contributed by atoms with Crippen LogP contribution in [0.4, 0.5) is 0 Å². The van der Waals surface area contributed by atoms with E-state index in [2.05, 4.69) is 13.0 Å². The highest BCUT2D eigenvalue weighted by Gasteiger charge is 2.70. The fraction of sp³-hybridized carbons (Fsp3) is 0.632. The maximum atomic E-state index is 13.1. The van der Waals surface area contributed by atoms with Crippen LogP contribution in [0.25, 0.3) is 0 Å². The highest BCUT2D eigenvalue weighted by atomic mass is 32.2. The van der Waals surface area contributed by atoms with Crippen molar-refractivity contribution in [1.82, 2.24) is 4.90 Å². The van der Waals surface area contributed by atoms with Crippen molar-refractivity contribution in [2.45, 2.75) is 36.8 Å². The van der Waals surface area contributed by atoms with Gasteiger partial charge < -0.3 is 19.1 Å². The molecule has 3 heterocycles. The van der Waals surface area contributed by atoms with Crippen molar-refractivity contribution in [2.24, 2.45) is 11.8 Å². The minimum atomic E-state index is -1.22. The fourth-order valence-corrected chi connectivity index (χ4v) is 6.75. The number of esters is 2. The minimum absolute atomic E-state index is 0.423. The molecule has 0 radical (unpaired) electrons. The van der Waals surface area contributed by atoms with Crippen molar-refractivity contribution >= 4 is 35.5 Å². The Hall–Kier alpha value is -1.63. The molecule has 0 aromatic heterocycles. The molecule has 1 fully saturated rings. The quantitative estimate of drug-likeness (QED) is 0.347. The number of unbranched alkanes of at least 4 members (excludes halogenated alkanes) is 1. The monoisotopic (exact) mass is 424 g/mol. The Kier molecular flexibility index (Phi) is 6.32. The van der Waals surface area contributed by atoms with E-state index in [1.54, 1.807) is 0 Å². The average molecular weight is 425 g/mol. The molecule has 0 saturated carbocycles. The van der Waals surface area contributed by atoms with Crippen LogP contribution in [-0.2, 0) is 23.8 Å². The first-order chi connectivity index (χ1) is 13.5. The topological polar surface area (TPSA) is 88.9 Å². The Labute approximate surface area is 173 Å². The summed E-state index contributed by atoms with van der Waals surface area (Å²) in [5.74, 6) is -2.16. The standard InChI is InChI=1S/C19H24N2O5S2/c1-5-6-9-26-15-11-7-8-13-19(18(23)25-3,14(11)16(22)24-2)28-17(27-4)12(10-20)21(13)15/h7-8,11,13-15H,5-6,9H2,1-4H3. The molecular weight excluding hydrogens is 400 g/mol. The van der Waals surface area contributed by atoms with Crippen molar-refractivity contribution in [2.75, 3.05) is 27.1 Å². The zero-order chi connectivity index (χ0) is 20.5. The predicted octanol–water partition coefficient (Wildman–Crippen LogP) is 2.50. The van der Waals surface area contributed by atoms with Gasteiger partial charge in [-0.05, 0) is 12.7 Å². The van der Waals surface area contributed by atoms with E-state index in [1.807, 2.05) is 23.3 Å². The number of carbonyl (C=O) groups is 2. The summed E-state index contributed by atoms with van der Waals surface area (Å²) in [7, 11) is 2.64. The molecule has 4 rings (SSSR count). The molecule has 152 valence electrons. The molecule has 4 aliphatic rings. The number of methoxy groups -OCH3 is 2. The lowest BCUT2D eigenvalue weighted by Crippen LogP contribution is -2.74. The number of ether oxygens (including phenoxy) is 3. The van der Waals surface area contributed by atoms with Crippen LogP contribution in [0, 0.1) is 23.2 Å². The van der Waals surface area contributed by atoms with Crippen molar-refractivity contribution < 1.29 is 23.8 Å². The third-order valence-corrected chi connectivity index (χ3v) is 8.15. The molecule has 5 atom stereocenters. The number of nitriles is 1. The number of carbonyl (C=O) groups excluding carboxylic acids is 2. The summed E-state index contributed by atoms with van der Waals surface area (Å²) in [5.41, 5.74) is 0.473. The number of allylic oxidation sites excluding steroid dienone is 1. The first-order valence-corrected chi connectivity index (χ1v) is 11.2. The smallest absolute Gasteiger partial charge is 0.325 e. The van der Waals surface area contributed by atoms with Crippen LogP contribution in [0.2, 0.25) is 0 Å². The van der Waals surface area contributed by atoms with Gasteiger partial charge in [-0.25, -0.2) is 0 Å². The number of hydrogen-bond acceptors (Lipinski definition) is 9. The molecule has 4 bridgehead atoms. The van der Waals surface area contributed by atoms with Gasteiger partial charge in [0.2, 0.25) is 0 Å². The SMILES string of the molecule is CCCCOC1C2C=CC3N1C(C#N)=C(SC)SC3(C(=O)OC)C2C(=O)OC. The van der Waals surface area contributed by atoms with E-state index in [0.717, 1.165) is 12.8 Å². The lowest BCUT2D eigenvalue weighted by Gasteiger charge is -2.61. The largest absolute Gasteiger partial charge is 0.469 e. The molecule has 0 amide bonds. The van der Waals surface area contributed by atoms with Gasteiger partial charge in [-0.3, -0.25) is 9.59 Å². The normalized spacial score (nSPS) is 32.9. The second-order valence-electron chi connectivity index (χ2n) is 6.77. The van der Waals surface area contributed by atoms with Crippen molar-refractivity contribution in [3.63, 3.8) is 0 Å². The maximum absolute atomic E-state index is 13.1. The summed E-state index contributed by atoms with van der Waals surface area (Å²) in [4.78, 5) is 27.8. The van der Waals surface area contributed by atoms with E-state index < -0.39 is 40.8 Å². The molecule has 9 heteroatoms. The van der Waals surface area contributed by atoms with Crippen molar-refractivity contribution in [1.29, 1.82) is 5.26 Å². The van der Waals surface area contributed by atoms with E-state index in [0.29, 0.717) is 16.5 Å². The zero-order valence-corrected chi connectivity index (χ0v) is 18.0. The minimum Gasteiger partial charge on any atom is -0.469 e. The van der Waals surface area contributed by atoms with Gasteiger partial charge >= 0.3 is 11.9 Å². The Balaban J connectivity index is 2.19. The van der Waals surface area contributed by atoms with Gasteiger partial charge in [0.05, 0.1) is 30.4 Å². The maximum Gasteiger partial charge on any atom is 0.325 e. The summed E-state index contributed by atoms with van der Waals surface area (Å²) in [5, 5.41) is 9.86.